The number of carboxylic acid groups (broad SMARTS) is 1. The summed E-state index contributed by atoms with van der Waals surface area (Å²) in [6, 6.07) is 0. The fourth-order valence-electron chi connectivity index (χ4n) is 1.23. The third kappa shape index (κ3) is 5.16. The van der Waals surface area contributed by atoms with Crippen molar-refractivity contribution in [1.82, 2.24) is 0 Å². The molecule has 0 saturated heterocycles. The van der Waals surface area contributed by atoms with Gasteiger partial charge in [-0.05, 0) is 24.9 Å². The van der Waals surface area contributed by atoms with E-state index in [0.717, 1.165) is 12.2 Å². The van der Waals surface area contributed by atoms with Crippen molar-refractivity contribution < 1.29 is 15.0 Å². The molecule has 0 aromatic rings. The molecule has 0 radical (unpaired) electrons. The monoisotopic (exact) mass is 206 g/mol. The Morgan fingerprint density at radius 2 is 2.08 bits per heavy atom. The summed E-state index contributed by atoms with van der Waals surface area (Å²) in [5.41, 5.74) is 0. The average Bonchev–Trinajstić information content (AvgIpc) is 2.09. The summed E-state index contributed by atoms with van der Waals surface area (Å²) >= 11 is 1.62. The minimum Gasteiger partial charge on any atom is -0.481 e. The van der Waals surface area contributed by atoms with E-state index in [9.17, 15) is 9.90 Å². The largest absolute Gasteiger partial charge is 0.481 e. The zero-order valence-electron chi connectivity index (χ0n) is 8.19. The third-order valence-corrected chi connectivity index (χ3v) is 2.64. The number of rotatable bonds is 7. The molecule has 2 unspecified atom stereocenters. The molecular formula is C9H18O3S. The van der Waals surface area contributed by atoms with Crippen LogP contribution in [0.1, 0.15) is 26.2 Å². The molecule has 4 heteroatoms. The maximum absolute atomic E-state index is 10.7. The van der Waals surface area contributed by atoms with Crippen LogP contribution in [0.3, 0.4) is 0 Å². The Labute approximate surface area is 83.5 Å². The van der Waals surface area contributed by atoms with Crippen molar-refractivity contribution in [2.75, 3.05) is 12.0 Å². The molecule has 0 aliphatic rings. The first-order valence-corrected chi connectivity index (χ1v) is 5.92. The molecule has 0 saturated carbocycles. The Balaban J connectivity index is 3.95. The van der Waals surface area contributed by atoms with Crippen LogP contribution in [0.4, 0.5) is 0 Å². The highest BCUT2D eigenvalue weighted by molar-refractivity contribution is 7.98. The fourth-order valence-corrected chi connectivity index (χ4v) is 1.71. The van der Waals surface area contributed by atoms with Crippen molar-refractivity contribution in [3.8, 4) is 0 Å². The Morgan fingerprint density at radius 3 is 2.46 bits per heavy atom. The van der Waals surface area contributed by atoms with Crippen molar-refractivity contribution in [3.63, 3.8) is 0 Å². The van der Waals surface area contributed by atoms with Gasteiger partial charge in [0.15, 0.2) is 0 Å². The van der Waals surface area contributed by atoms with E-state index in [0.29, 0.717) is 12.8 Å². The summed E-state index contributed by atoms with van der Waals surface area (Å²) in [6.45, 7) is 1.93. The number of thioether (sulfide) groups is 1. The van der Waals surface area contributed by atoms with E-state index in [1.165, 1.54) is 0 Å². The number of aliphatic hydroxyl groups excluding tert-OH is 1. The maximum Gasteiger partial charge on any atom is 0.309 e. The standard InChI is InChI=1S/C9H18O3S/c1-3-4-7(9(11)12)8(10)5-6-13-2/h7-8,10H,3-6H2,1-2H3,(H,11,12). The highest BCUT2D eigenvalue weighted by Gasteiger charge is 2.24. The second kappa shape index (κ2) is 7.21. The molecule has 0 aromatic heterocycles. The molecule has 0 heterocycles. The minimum atomic E-state index is -0.879. The number of hydrogen-bond donors (Lipinski definition) is 2. The van der Waals surface area contributed by atoms with Crippen molar-refractivity contribution in [3.05, 3.63) is 0 Å². The van der Waals surface area contributed by atoms with Gasteiger partial charge in [0.1, 0.15) is 0 Å². The lowest BCUT2D eigenvalue weighted by atomic mass is 9.96. The fraction of sp³-hybridized carbons (Fsp3) is 0.889. The van der Waals surface area contributed by atoms with Crippen LogP contribution in [0, 0.1) is 5.92 Å². The van der Waals surface area contributed by atoms with Gasteiger partial charge in [-0.25, -0.2) is 0 Å². The molecular weight excluding hydrogens is 188 g/mol. The van der Waals surface area contributed by atoms with Gasteiger partial charge in [0, 0.05) is 0 Å². The molecule has 0 aliphatic heterocycles. The van der Waals surface area contributed by atoms with Gasteiger partial charge in [0.25, 0.3) is 0 Å². The van der Waals surface area contributed by atoms with Crippen LogP contribution in [0.15, 0.2) is 0 Å². The third-order valence-electron chi connectivity index (χ3n) is 2.00. The van der Waals surface area contributed by atoms with Gasteiger partial charge in [-0.1, -0.05) is 13.3 Å². The molecule has 0 aliphatic carbocycles. The SMILES string of the molecule is CCCC(C(=O)O)C(O)CCSC. The summed E-state index contributed by atoms with van der Waals surface area (Å²) in [4.78, 5) is 10.7. The lowest BCUT2D eigenvalue weighted by Crippen LogP contribution is -2.28. The maximum atomic E-state index is 10.7. The summed E-state index contributed by atoms with van der Waals surface area (Å²) < 4.78 is 0. The van der Waals surface area contributed by atoms with Gasteiger partial charge in [-0.2, -0.15) is 11.8 Å². The van der Waals surface area contributed by atoms with E-state index in [1.54, 1.807) is 11.8 Å². The van der Waals surface area contributed by atoms with Crippen molar-refractivity contribution in [2.24, 2.45) is 5.92 Å². The summed E-state index contributed by atoms with van der Waals surface area (Å²) in [7, 11) is 0. The molecule has 0 amide bonds. The van der Waals surface area contributed by atoms with E-state index < -0.39 is 18.0 Å². The molecule has 0 bridgehead atoms. The molecule has 78 valence electrons. The number of aliphatic carboxylic acids is 1. The number of hydrogen-bond acceptors (Lipinski definition) is 3. The Kier molecular flexibility index (Phi) is 7.09. The van der Waals surface area contributed by atoms with E-state index >= 15 is 0 Å². The van der Waals surface area contributed by atoms with Gasteiger partial charge in [-0.3, -0.25) is 4.79 Å². The van der Waals surface area contributed by atoms with Crippen molar-refractivity contribution in [2.45, 2.75) is 32.3 Å². The first-order chi connectivity index (χ1) is 6.13. The summed E-state index contributed by atoms with van der Waals surface area (Å²) in [5.74, 6) is -0.651. The molecule has 0 rings (SSSR count). The first-order valence-electron chi connectivity index (χ1n) is 4.53. The van der Waals surface area contributed by atoms with Crippen molar-refractivity contribution >= 4 is 17.7 Å². The second-order valence-electron chi connectivity index (χ2n) is 3.08. The van der Waals surface area contributed by atoms with Crippen LogP contribution in [0.2, 0.25) is 0 Å². The van der Waals surface area contributed by atoms with Crippen molar-refractivity contribution in [1.29, 1.82) is 0 Å². The predicted molar refractivity (Wildman–Crippen MR) is 55.0 cm³/mol. The van der Waals surface area contributed by atoms with E-state index in [4.69, 9.17) is 5.11 Å². The topological polar surface area (TPSA) is 57.5 Å². The van der Waals surface area contributed by atoms with Gasteiger partial charge in [0.2, 0.25) is 0 Å². The average molecular weight is 206 g/mol. The van der Waals surface area contributed by atoms with Gasteiger partial charge >= 0.3 is 5.97 Å². The molecule has 0 fully saturated rings. The van der Waals surface area contributed by atoms with Crippen LogP contribution in [-0.4, -0.2) is 34.3 Å². The smallest absolute Gasteiger partial charge is 0.309 e. The lowest BCUT2D eigenvalue weighted by molar-refractivity contribution is -0.146. The molecule has 3 nitrogen and oxygen atoms in total. The lowest BCUT2D eigenvalue weighted by Gasteiger charge is -2.17. The number of aliphatic hydroxyl groups is 1. The summed E-state index contributed by atoms with van der Waals surface area (Å²) in [6.07, 6.45) is 3.18. The number of carbonyl (C=O) groups is 1. The van der Waals surface area contributed by atoms with Crippen LogP contribution >= 0.6 is 11.8 Å². The van der Waals surface area contributed by atoms with Crippen LogP contribution in [-0.2, 0) is 4.79 Å². The van der Waals surface area contributed by atoms with Crippen LogP contribution in [0.25, 0.3) is 0 Å². The molecule has 0 spiro atoms. The highest BCUT2D eigenvalue weighted by Crippen LogP contribution is 2.16. The first kappa shape index (κ1) is 12.8. The van der Waals surface area contributed by atoms with Crippen LogP contribution < -0.4 is 0 Å². The molecule has 0 aromatic carbocycles. The van der Waals surface area contributed by atoms with E-state index in [2.05, 4.69) is 0 Å². The predicted octanol–water partition coefficient (Wildman–Crippen LogP) is 1.60. The van der Waals surface area contributed by atoms with Gasteiger partial charge in [0.05, 0.1) is 12.0 Å². The van der Waals surface area contributed by atoms with E-state index in [1.807, 2.05) is 13.2 Å². The minimum absolute atomic E-state index is 0.560. The molecule has 13 heavy (non-hydrogen) atoms. The Bertz CT molecular complexity index is 150. The Morgan fingerprint density at radius 1 is 1.46 bits per heavy atom. The van der Waals surface area contributed by atoms with Gasteiger partial charge < -0.3 is 10.2 Å². The Hall–Kier alpha value is -0.220. The number of carboxylic acids is 1. The van der Waals surface area contributed by atoms with Gasteiger partial charge in [-0.15, -0.1) is 0 Å². The second-order valence-corrected chi connectivity index (χ2v) is 4.07. The van der Waals surface area contributed by atoms with Crippen LogP contribution in [0.5, 0.6) is 0 Å². The summed E-state index contributed by atoms with van der Waals surface area (Å²) in [5, 5.41) is 18.4. The molecule has 2 N–H and O–H groups in total. The molecule has 2 atom stereocenters. The zero-order valence-corrected chi connectivity index (χ0v) is 9.01. The van der Waals surface area contributed by atoms with E-state index in [-0.39, 0.29) is 0 Å². The zero-order chi connectivity index (χ0) is 10.3. The quantitative estimate of drug-likeness (QED) is 0.664. The normalized spacial score (nSPS) is 15.3. The highest BCUT2D eigenvalue weighted by atomic mass is 32.2.